The van der Waals surface area contributed by atoms with Crippen molar-refractivity contribution in [1.82, 2.24) is 14.1 Å². The summed E-state index contributed by atoms with van der Waals surface area (Å²) in [5.74, 6) is 0.641. The van der Waals surface area contributed by atoms with Gasteiger partial charge in [-0.2, -0.15) is 0 Å². The van der Waals surface area contributed by atoms with Crippen molar-refractivity contribution in [1.29, 1.82) is 0 Å². The molecule has 3 nitrogen and oxygen atoms in total. The normalized spacial score (nSPS) is 11.3. The first-order valence-corrected chi connectivity index (χ1v) is 5.93. The van der Waals surface area contributed by atoms with Crippen molar-refractivity contribution in [3.05, 3.63) is 53.5 Å². The minimum absolute atomic E-state index is 0.222. The van der Waals surface area contributed by atoms with Gasteiger partial charge in [-0.25, -0.2) is 9.37 Å². The smallest absolute Gasteiger partial charge is 0.129 e. The Bertz CT molecular complexity index is 714. The number of rotatable bonds is 2. The van der Waals surface area contributed by atoms with Crippen LogP contribution < -0.4 is 0 Å². The lowest BCUT2D eigenvalue weighted by molar-refractivity contribution is 0.629. The Morgan fingerprint density at radius 1 is 1.33 bits per heavy atom. The molecule has 0 radical (unpaired) electrons. The van der Waals surface area contributed by atoms with Crippen LogP contribution in [0, 0.1) is 5.82 Å². The molecule has 0 aliphatic rings. The summed E-state index contributed by atoms with van der Waals surface area (Å²) in [5, 5.41) is 1.49. The van der Waals surface area contributed by atoms with Gasteiger partial charge in [0, 0.05) is 24.1 Å². The summed E-state index contributed by atoms with van der Waals surface area (Å²) in [4.78, 5) is 4.25. The average Bonchev–Trinajstić information content (AvgIpc) is 2.88. The number of imidazole rings is 1. The van der Waals surface area contributed by atoms with Gasteiger partial charge in [-0.1, -0.05) is 11.6 Å². The lowest BCUT2D eigenvalue weighted by atomic mass is 10.2. The maximum absolute atomic E-state index is 13.1. The minimum Gasteiger partial charge on any atom is -0.340 e. The molecule has 0 N–H and O–H groups in total. The summed E-state index contributed by atoms with van der Waals surface area (Å²) in [5.41, 5.74) is 0.982. The third kappa shape index (κ3) is 1.78. The van der Waals surface area contributed by atoms with E-state index >= 15 is 0 Å². The molecule has 0 aliphatic heterocycles. The number of benzene rings is 1. The van der Waals surface area contributed by atoms with Crippen LogP contribution >= 0.6 is 11.6 Å². The van der Waals surface area contributed by atoms with Crippen molar-refractivity contribution in [2.24, 2.45) is 7.05 Å². The molecule has 0 saturated heterocycles. The van der Waals surface area contributed by atoms with E-state index in [9.17, 15) is 4.39 Å². The molecule has 0 unspecified atom stereocenters. The average molecular weight is 264 g/mol. The zero-order chi connectivity index (χ0) is 12.7. The Kier molecular flexibility index (Phi) is 2.59. The van der Waals surface area contributed by atoms with E-state index in [1.165, 1.54) is 12.1 Å². The van der Waals surface area contributed by atoms with Crippen molar-refractivity contribution in [3.8, 4) is 0 Å². The monoisotopic (exact) mass is 263 g/mol. The number of hydrogen-bond acceptors (Lipinski definition) is 1. The van der Waals surface area contributed by atoms with E-state index in [-0.39, 0.29) is 5.82 Å². The fourth-order valence-corrected chi connectivity index (χ4v) is 2.18. The first kappa shape index (κ1) is 11.3. The van der Waals surface area contributed by atoms with Gasteiger partial charge in [0.05, 0.1) is 12.7 Å². The van der Waals surface area contributed by atoms with Gasteiger partial charge in [-0.05, 0) is 24.3 Å². The van der Waals surface area contributed by atoms with E-state index in [1.807, 2.05) is 28.4 Å². The molecule has 2 aromatic heterocycles. The van der Waals surface area contributed by atoms with E-state index in [2.05, 4.69) is 4.98 Å². The first-order chi connectivity index (χ1) is 8.65. The van der Waals surface area contributed by atoms with Gasteiger partial charge in [-0.15, -0.1) is 0 Å². The number of aromatic nitrogens is 3. The maximum Gasteiger partial charge on any atom is 0.129 e. The minimum atomic E-state index is -0.222. The van der Waals surface area contributed by atoms with Gasteiger partial charge < -0.3 is 9.13 Å². The zero-order valence-electron chi connectivity index (χ0n) is 9.77. The van der Waals surface area contributed by atoms with Crippen LogP contribution in [0.5, 0.6) is 0 Å². The van der Waals surface area contributed by atoms with Gasteiger partial charge in [-0.3, -0.25) is 0 Å². The van der Waals surface area contributed by atoms with E-state index in [0.29, 0.717) is 11.7 Å². The number of fused-ring (bicyclic) bond motifs is 1. The molecular formula is C13H11ClFN3. The molecule has 0 fully saturated rings. The van der Waals surface area contributed by atoms with E-state index in [4.69, 9.17) is 11.6 Å². The van der Waals surface area contributed by atoms with Crippen LogP contribution in [0.3, 0.4) is 0 Å². The summed E-state index contributed by atoms with van der Waals surface area (Å²) in [6, 6.07) is 6.65. The molecule has 0 bridgehead atoms. The molecule has 3 aromatic rings. The Hall–Kier alpha value is -1.81. The highest BCUT2D eigenvalue weighted by molar-refractivity contribution is 6.29. The molecule has 18 heavy (non-hydrogen) atoms. The van der Waals surface area contributed by atoms with Crippen LogP contribution in [0.15, 0.2) is 36.7 Å². The Morgan fingerprint density at radius 3 is 2.89 bits per heavy atom. The highest BCUT2D eigenvalue weighted by Crippen LogP contribution is 2.19. The van der Waals surface area contributed by atoms with Crippen molar-refractivity contribution < 1.29 is 4.39 Å². The quantitative estimate of drug-likeness (QED) is 0.696. The summed E-state index contributed by atoms with van der Waals surface area (Å²) in [7, 11) is 1.87. The van der Waals surface area contributed by atoms with Gasteiger partial charge in [0.2, 0.25) is 0 Å². The van der Waals surface area contributed by atoms with Crippen molar-refractivity contribution in [2.75, 3.05) is 0 Å². The third-order valence-electron chi connectivity index (χ3n) is 3.07. The van der Waals surface area contributed by atoms with Crippen LogP contribution in [0.4, 0.5) is 4.39 Å². The molecule has 0 saturated carbocycles. The van der Waals surface area contributed by atoms with Crippen molar-refractivity contribution in [2.45, 2.75) is 6.54 Å². The lowest BCUT2D eigenvalue weighted by Gasteiger charge is -2.06. The summed E-state index contributed by atoms with van der Waals surface area (Å²) in [6.07, 6.45) is 3.55. The Morgan fingerprint density at radius 2 is 2.17 bits per heavy atom. The third-order valence-corrected chi connectivity index (χ3v) is 3.42. The Balaban J connectivity index is 2.03. The molecule has 92 valence electrons. The number of halogens is 2. The maximum atomic E-state index is 13.1. The molecule has 0 atom stereocenters. The molecule has 5 heteroatoms. The molecule has 2 heterocycles. The van der Waals surface area contributed by atoms with E-state index in [0.717, 1.165) is 16.7 Å². The van der Waals surface area contributed by atoms with Gasteiger partial charge in [0.1, 0.15) is 16.8 Å². The SMILES string of the molecule is Cn1c(Cl)cnc1Cn1ccc2cc(F)ccc21. The van der Waals surface area contributed by atoms with E-state index < -0.39 is 0 Å². The van der Waals surface area contributed by atoms with E-state index in [1.54, 1.807) is 12.3 Å². The largest absolute Gasteiger partial charge is 0.340 e. The van der Waals surface area contributed by atoms with Crippen LogP contribution in [-0.4, -0.2) is 14.1 Å². The fourth-order valence-electron chi connectivity index (χ4n) is 2.03. The summed E-state index contributed by atoms with van der Waals surface area (Å²) in [6.45, 7) is 0.609. The molecule has 1 aromatic carbocycles. The molecule has 3 rings (SSSR count). The van der Waals surface area contributed by atoms with Crippen LogP contribution in [0.2, 0.25) is 5.15 Å². The second kappa shape index (κ2) is 4.14. The number of hydrogen-bond donors (Lipinski definition) is 0. The Labute approximate surface area is 108 Å². The molecule has 0 aliphatic carbocycles. The molecule has 0 spiro atoms. The van der Waals surface area contributed by atoms with Crippen LogP contribution in [-0.2, 0) is 13.6 Å². The first-order valence-electron chi connectivity index (χ1n) is 5.55. The highest BCUT2D eigenvalue weighted by atomic mass is 35.5. The van der Waals surface area contributed by atoms with Crippen LogP contribution in [0.25, 0.3) is 10.9 Å². The predicted molar refractivity (Wildman–Crippen MR) is 69.2 cm³/mol. The highest BCUT2D eigenvalue weighted by Gasteiger charge is 2.07. The fraction of sp³-hybridized carbons (Fsp3) is 0.154. The van der Waals surface area contributed by atoms with Gasteiger partial charge >= 0.3 is 0 Å². The second-order valence-corrected chi connectivity index (χ2v) is 4.59. The predicted octanol–water partition coefficient (Wildman–Crippen LogP) is 3.22. The zero-order valence-corrected chi connectivity index (χ0v) is 10.5. The second-order valence-electron chi connectivity index (χ2n) is 4.20. The molecular weight excluding hydrogens is 253 g/mol. The van der Waals surface area contributed by atoms with Crippen molar-refractivity contribution in [3.63, 3.8) is 0 Å². The summed E-state index contributed by atoms with van der Waals surface area (Å²) < 4.78 is 16.9. The summed E-state index contributed by atoms with van der Waals surface area (Å²) >= 11 is 5.95. The standard InChI is InChI=1S/C13H11ClFN3/c1-17-12(14)7-16-13(17)8-18-5-4-9-6-10(15)2-3-11(9)18/h2-7H,8H2,1H3. The topological polar surface area (TPSA) is 22.8 Å². The van der Waals surface area contributed by atoms with Crippen LogP contribution in [0.1, 0.15) is 5.82 Å². The number of nitrogens with zero attached hydrogens (tertiary/aromatic N) is 3. The van der Waals surface area contributed by atoms with Gasteiger partial charge in [0.15, 0.2) is 0 Å². The van der Waals surface area contributed by atoms with Gasteiger partial charge in [0.25, 0.3) is 0 Å². The lowest BCUT2D eigenvalue weighted by Crippen LogP contribution is -2.05. The van der Waals surface area contributed by atoms with Crippen molar-refractivity contribution >= 4 is 22.5 Å². The molecule has 0 amide bonds.